The monoisotopic (exact) mass is 446 g/mol. The fourth-order valence-electron chi connectivity index (χ4n) is 3.73. The Labute approximate surface area is 188 Å². The number of halogens is 1. The summed E-state index contributed by atoms with van der Waals surface area (Å²) in [5.41, 5.74) is 5.75. The van der Waals surface area contributed by atoms with E-state index >= 15 is 0 Å². The Morgan fingerprint density at radius 2 is 1.87 bits per heavy atom. The molecule has 0 aliphatic rings. The van der Waals surface area contributed by atoms with E-state index in [1.54, 1.807) is 0 Å². The Balaban J connectivity index is 1.32. The van der Waals surface area contributed by atoms with Crippen LogP contribution >= 0.6 is 22.9 Å². The van der Waals surface area contributed by atoms with Gasteiger partial charge in [-0.15, -0.1) is 11.3 Å². The van der Waals surface area contributed by atoms with Gasteiger partial charge in [0.05, 0.1) is 5.02 Å². The smallest absolute Gasteiger partial charge is 0.267 e. The molecule has 1 amide bonds. The summed E-state index contributed by atoms with van der Waals surface area (Å²) in [5.74, 6) is 0.473. The van der Waals surface area contributed by atoms with E-state index in [1.807, 2.05) is 61.5 Å². The van der Waals surface area contributed by atoms with Crippen molar-refractivity contribution in [2.45, 2.75) is 20.3 Å². The molecule has 0 radical (unpaired) electrons. The lowest BCUT2D eigenvalue weighted by molar-refractivity contribution is 0.103. The van der Waals surface area contributed by atoms with Gasteiger partial charge in [0.2, 0.25) is 0 Å². The Bertz CT molecular complexity index is 1430. The van der Waals surface area contributed by atoms with Gasteiger partial charge in [-0.3, -0.25) is 4.79 Å². The number of carbonyl (C=O) groups is 1. The number of benzene rings is 3. The molecule has 5 aromatic rings. The molecule has 0 spiro atoms. The minimum atomic E-state index is -0.205. The highest BCUT2D eigenvalue weighted by molar-refractivity contribution is 7.21. The number of rotatable bonds is 4. The van der Waals surface area contributed by atoms with Gasteiger partial charge in [0.15, 0.2) is 11.5 Å². The highest BCUT2D eigenvalue weighted by atomic mass is 35.5. The normalized spacial score (nSPS) is 11.3. The van der Waals surface area contributed by atoms with Gasteiger partial charge in [0, 0.05) is 22.2 Å². The van der Waals surface area contributed by atoms with Gasteiger partial charge >= 0.3 is 0 Å². The number of anilines is 1. The lowest BCUT2D eigenvalue weighted by Gasteiger charge is -2.05. The molecule has 0 fully saturated rings. The van der Waals surface area contributed by atoms with Crippen molar-refractivity contribution in [2.75, 3.05) is 5.32 Å². The number of amides is 1. The summed E-state index contributed by atoms with van der Waals surface area (Å²) < 4.78 is 6.96. The molecular weight excluding hydrogens is 428 g/mol. The maximum absolute atomic E-state index is 12.7. The second kappa shape index (κ2) is 7.84. The summed E-state index contributed by atoms with van der Waals surface area (Å²) in [6.45, 7) is 4.09. The molecule has 0 bridgehead atoms. The average molecular weight is 447 g/mol. The van der Waals surface area contributed by atoms with Crippen LogP contribution in [0.3, 0.4) is 0 Å². The molecule has 3 aromatic carbocycles. The number of oxazole rings is 1. The van der Waals surface area contributed by atoms with Gasteiger partial charge in [-0.1, -0.05) is 48.0 Å². The average Bonchev–Trinajstić information content (AvgIpc) is 3.30. The van der Waals surface area contributed by atoms with Crippen LogP contribution in [0.1, 0.15) is 32.3 Å². The van der Waals surface area contributed by atoms with Gasteiger partial charge in [-0.05, 0) is 54.8 Å². The molecule has 154 valence electrons. The first-order valence-electron chi connectivity index (χ1n) is 9.92. The zero-order valence-electron chi connectivity index (χ0n) is 17.0. The van der Waals surface area contributed by atoms with Crippen molar-refractivity contribution >= 4 is 55.7 Å². The second-order valence-electron chi connectivity index (χ2n) is 7.61. The van der Waals surface area contributed by atoms with Crippen LogP contribution in [0.25, 0.3) is 21.2 Å². The SMILES string of the molecule is Cc1cc(C)c2oc(Cc3ccc(NC(=O)c4sc5ccccc5c4Cl)cc3)nc2c1. The van der Waals surface area contributed by atoms with E-state index in [4.69, 9.17) is 16.0 Å². The lowest BCUT2D eigenvalue weighted by Crippen LogP contribution is -2.10. The molecule has 2 aromatic heterocycles. The molecule has 2 heterocycles. The van der Waals surface area contributed by atoms with Crippen LogP contribution in [0.2, 0.25) is 5.02 Å². The fourth-order valence-corrected chi connectivity index (χ4v) is 5.14. The molecule has 1 N–H and O–H groups in total. The zero-order chi connectivity index (χ0) is 21.5. The Morgan fingerprint density at radius 3 is 2.65 bits per heavy atom. The van der Waals surface area contributed by atoms with E-state index in [9.17, 15) is 4.79 Å². The van der Waals surface area contributed by atoms with E-state index in [2.05, 4.69) is 23.3 Å². The van der Waals surface area contributed by atoms with Crippen molar-refractivity contribution in [1.82, 2.24) is 4.98 Å². The number of aromatic nitrogens is 1. The number of aryl methyl sites for hydroxylation is 2. The molecule has 6 heteroatoms. The standard InChI is InChI=1S/C25H19ClN2O2S/c1-14-11-15(2)23-19(12-14)28-21(30-23)13-16-7-9-17(10-8-16)27-25(29)24-22(26)18-5-3-4-6-20(18)31-24/h3-12H,13H2,1-2H3,(H,27,29). The minimum Gasteiger partial charge on any atom is -0.440 e. The van der Waals surface area contributed by atoms with Crippen molar-refractivity contribution in [2.24, 2.45) is 0 Å². The van der Waals surface area contributed by atoms with Gasteiger partial charge in [-0.2, -0.15) is 0 Å². The van der Waals surface area contributed by atoms with E-state index in [1.165, 1.54) is 16.9 Å². The van der Waals surface area contributed by atoms with Crippen molar-refractivity contribution in [3.63, 3.8) is 0 Å². The van der Waals surface area contributed by atoms with Gasteiger partial charge in [-0.25, -0.2) is 4.98 Å². The van der Waals surface area contributed by atoms with Crippen LogP contribution in [0.5, 0.6) is 0 Å². The Kier molecular flexibility index (Phi) is 5.00. The molecule has 0 unspecified atom stereocenters. The quantitative estimate of drug-likeness (QED) is 0.318. The molecule has 0 saturated carbocycles. The number of hydrogen-bond acceptors (Lipinski definition) is 4. The summed E-state index contributed by atoms with van der Waals surface area (Å²) in [5, 5.41) is 4.33. The first kappa shape index (κ1) is 19.8. The molecule has 0 aliphatic carbocycles. The van der Waals surface area contributed by atoms with Crippen LogP contribution < -0.4 is 5.32 Å². The maximum atomic E-state index is 12.7. The van der Waals surface area contributed by atoms with E-state index in [0.29, 0.717) is 27.9 Å². The van der Waals surface area contributed by atoms with Gasteiger partial charge in [0.25, 0.3) is 5.91 Å². The third-order valence-electron chi connectivity index (χ3n) is 5.17. The van der Waals surface area contributed by atoms with Gasteiger partial charge < -0.3 is 9.73 Å². The molecule has 31 heavy (non-hydrogen) atoms. The lowest BCUT2D eigenvalue weighted by atomic mass is 10.1. The summed E-state index contributed by atoms with van der Waals surface area (Å²) in [6.07, 6.45) is 0.587. The predicted octanol–water partition coefficient (Wildman–Crippen LogP) is 7.16. The molecule has 0 atom stereocenters. The summed E-state index contributed by atoms with van der Waals surface area (Å²) in [6, 6.07) is 19.6. The van der Waals surface area contributed by atoms with Crippen LogP contribution in [0, 0.1) is 13.8 Å². The summed E-state index contributed by atoms with van der Waals surface area (Å²) in [4.78, 5) is 17.9. The van der Waals surface area contributed by atoms with Crippen molar-refractivity contribution in [3.8, 4) is 0 Å². The van der Waals surface area contributed by atoms with Crippen LogP contribution in [-0.4, -0.2) is 10.9 Å². The largest absolute Gasteiger partial charge is 0.440 e. The Hall–Kier alpha value is -3.15. The summed E-state index contributed by atoms with van der Waals surface area (Å²) in [7, 11) is 0. The second-order valence-corrected chi connectivity index (χ2v) is 9.04. The van der Waals surface area contributed by atoms with Crippen LogP contribution in [-0.2, 0) is 6.42 Å². The van der Waals surface area contributed by atoms with Crippen molar-refractivity contribution in [1.29, 1.82) is 0 Å². The number of thiophene rings is 1. The third kappa shape index (κ3) is 3.82. The van der Waals surface area contributed by atoms with E-state index in [-0.39, 0.29) is 5.91 Å². The molecule has 4 nitrogen and oxygen atoms in total. The first-order chi connectivity index (χ1) is 15.0. The first-order valence-corrected chi connectivity index (χ1v) is 11.1. The number of nitrogens with one attached hydrogen (secondary N) is 1. The minimum absolute atomic E-state index is 0.205. The number of hydrogen-bond donors (Lipinski definition) is 1. The number of fused-ring (bicyclic) bond motifs is 2. The highest BCUT2D eigenvalue weighted by Crippen LogP contribution is 2.35. The van der Waals surface area contributed by atoms with E-state index in [0.717, 1.165) is 32.3 Å². The van der Waals surface area contributed by atoms with Crippen LogP contribution in [0.15, 0.2) is 65.1 Å². The van der Waals surface area contributed by atoms with E-state index < -0.39 is 0 Å². The van der Waals surface area contributed by atoms with Crippen molar-refractivity contribution < 1.29 is 9.21 Å². The van der Waals surface area contributed by atoms with Crippen LogP contribution in [0.4, 0.5) is 5.69 Å². The molecule has 5 rings (SSSR count). The maximum Gasteiger partial charge on any atom is 0.267 e. The summed E-state index contributed by atoms with van der Waals surface area (Å²) >= 11 is 7.82. The van der Waals surface area contributed by atoms with Gasteiger partial charge in [0.1, 0.15) is 10.4 Å². The van der Waals surface area contributed by atoms with Crippen molar-refractivity contribution in [3.05, 3.63) is 93.1 Å². The highest BCUT2D eigenvalue weighted by Gasteiger charge is 2.17. The zero-order valence-corrected chi connectivity index (χ0v) is 18.6. The molecule has 0 aliphatic heterocycles. The third-order valence-corrected chi connectivity index (χ3v) is 6.85. The fraction of sp³-hybridized carbons (Fsp3) is 0.120. The number of nitrogens with zero attached hydrogens (tertiary/aromatic N) is 1. The Morgan fingerprint density at radius 1 is 1.10 bits per heavy atom. The predicted molar refractivity (Wildman–Crippen MR) is 128 cm³/mol. The molecule has 0 saturated heterocycles. The topological polar surface area (TPSA) is 55.1 Å². The number of carbonyl (C=O) groups excluding carboxylic acids is 1. The molecular formula is C25H19ClN2O2S.